The molecule has 1 aromatic carbocycles. The van der Waals surface area contributed by atoms with Crippen LogP contribution in [0.4, 0.5) is 0 Å². The molecule has 5 nitrogen and oxygen atoms in total. The Hall–Kier alpha value is -2.17. The number of benzene rings is 1. The molecule has 0 unspecified atom stereocenters. The number of carbonyl (C=O) groups is 3. The lowest BCUT2D eigenvalue weighted by Crippen LogP contribution is -2.65. The van der Waals surface area contributed by atoms with E-state index in [4.69, 9.17) is 0 Å². The zero-order valence-electron chi connectivity index (χ0n) is 12.1. The highest BCUT2D eigenvalue weighted by molar-refractivity contribution is 6.09. The molecule has 0 radical (unpaired) electrons. The topological polar surface area (TPSA) is 66.5 Å². The van der Waals surface area contributed by atoms with E-state index < -0.39 is 17.4 Å². The number of nitrogens with one attached hydrogen (secondary N) is 1. The van der Waals surface area contributed by atoms with E-state index in [-0.39, 0.29) is 12.5 Å². The van der Waals surface area contributed by atoms with Crippen molar-refractivity contribution in [3.8, 4) is 0 Å². The lowest BCUT2D eigenvalue weighted by atomic mass is 9.96. The van der Waals surface area contributed by atoms with Crippen LogP contribution >= 0.6 is 0 Å². The van der Waals surface area contributed by atoms with E-state index in [1.807, 2.05) is 26.0 Å². The van der Waals surface area contributed by atoms with Gasteiger partial charge in [0.05, 0.1) is 0 Å². The van der Waals surface area contributed by atoms with Crippen molar-refractivity contribution in [2.75, 3.05) is 6.54 Å². The normalized spacial score (nSPS) is 17.9. The van der Waals surface area contributed by atoms with Gasteiger partial charge >= 0.3 is 0 Å². The molecule has 1 fully saturated rings. The Morgan fingerprint density at radius 1 is 1.25 bits per heavy atom. The van der Waals surface area contributed by atoms with Crippen molar-refractivity contribution >= 4 is 17.7 Å². The molecule has 2 rings (SSSR count). The van der Waals surface area contributed by atoms with Crippen molar-refractivity contribution in [2.45, 2.75) is 33.2 Å². The maximum absolute atomic E-state index is 12.6. The number of carbonyl (C=O) groups excluding carboxylic acids is 3. The van der Waals surface area contributed by atoms with E-state index >= 15 is 0 Å². The summed E-state index contributed by atoms with van der Waals surface area (Å²) in [6, 6.07) is 5.49. The minimum absolute atomic E-state index is 0.106. The van der Waals surface area contributed by atoms with Crippen LogP contribution in [0.15, 0.2) is 18.2 Å². The van der Waals surface area contributed by atoms with E-state index in [9.17, 15) is 14.4 Å². The molecule has 1 aliphatic rings. The number of nitrogens with zero attached hydrogens (tertiary/aromatic N) is 1. The van der Waals surface area contributed by atoms with Gasteiger partial charge in [-0.25, -0.2) is 0 Å². The number of imide groups is 1. The third-order valence-electron chi connectivity index (χ3n) is 3.64. The van der Waals surface area contributed by atoms with Crippen LogP contribution in [-0.4, -0.2) is 34.7 Å². The van der Waals surface area contributed by atoms with Crippen LogP contribution in [0.1, 0.15) is 35.3 Å². The predicted molar refractivity (Wildman–Crippen MR) is 74.2 cm³/mol. The monoisotopic (exact) mass is 274 g/mol. The van der Waals surface area contributed by atoms with Gasteiger partial charge in [0.25, 0.3) is 11.8 Å². The van der Waals surface area contributed by atoms with E-state index in [1.165, 1.54) is 4.90 Å². The molecule has 1 heterocycles. The van der Waals surface area contributed by atoms with Crippen LogP contribution in [0.25, 0.3) is 0 Å². The van der Waals surface area contributed by atoms with Crippen LogP contribution in [-0.2, 0) is 9.59 Å². The van der Waals surface area contributed by atoms with Gasteiger partial charge < -0.3 is 4.90 Å². The summed E-state index contributed by atoms with van der Waals surface area (Å²) in [5.74, 6) is -1.20. The van der Waals surface area contributed by atoms with Gasteiger partial charge in [0.1, 0.15) is 12.1 Å². The SMILES string of the molecule is Cc1ccc(C(=O)N2CC(=O)NC(=O)C2(C)C)c(C)c1. The van der Waals surface area contributed by atoms with Crippen LogP contribution in [0.2, 0.25) is 0 Å². The van der Waals surface area contributed by atoms with Crippen molar-refractivity contribution in [2.24, 2.45) is 0 Å². The number of hydrogen-bond donors (Lipinski definition) is 1. The van der Waals surface area contributed by atoms with Gasteiger partial charge in [-0.1, -0.05) is 17.7 Å². The summed E-state index contributed by atoms with van der Waals surface area (Å²) in [5.41, 5.74) is 1.38. The van der Waals surface area contributed by atoms with Crippen molar-refractivity contribution in [1.29, 1.82) is 0 Å². The Kier molecular flexibility index (Phi) is 3.38. The fourth-order valence-corrected chi connectivity index (χ4v) is 2.31. The molecular weight excluding hydrogens is 256 g/mol. The highest BCUT2D eigenvalue weighted by Gasteiger charge is 2.43. The second kappa shape index (κ2) is 4.74. The summed E-state index contributed by atoms with van der Waals surface area (Å²) >= 11 is 0. The first-order valence-electron chi connectivity index (χ1n) is 6.47. The Balaban J connectivity index is 2.40. The quantitative estimate of drug-likeness (QED) is 0.782. The first kappa shape index (κ1) is 14.2. The molecule has 0 bridgehead atoms. The van der Waals surface area contributed by atoms with Gasteiger partial charge in [-0.05, 0) is 39.3 Å². The fraction of sp³-hybridized carbons (Fsp3) is 0.400. The standard InChI is InChI=1S/C15H18N2O3/c1-9-5-6-11(10(2)7-9)13(19)17-8-12(18)16-14(20)15(17,3)4/h5-7H,8H2,1-4H3,(H,16,18,20). The number of amides is 3. The van der Waals surface area contributed by atoms with E-state index in [0.717, 1.165) is 11.1 Å². The largest absolute Gasteiger partial charge is 0.315 e. The van der Waals surface area contributed by atoms with Crippen LogP contribution < -0.4 is 5.32 Å². The zero-order valence-corrected chi connectivity index (χ0v) is 12.1. The summed E-state index contributed by atoms with van der Waals surface area (Å²) in [6.07, 6.45) is 0. The van der Waals surface area contributed by atoms with Crippen LogP contribution in [0, 0.1) is 13.8 Å². The van der Waals surface area contributed by atoms with Crippen molar-refractivity contribution < 1.29 is 14.4 Å². The number of rotatable bonds is 1. The third-order valence-corrected chi connectivity index (χ3v) is 3.64. The average molecular weight is 274 g/mol. The molecule has 1 aliphatic heterocycles. The summed E-state index contributed by atoms with van der Waals surface area (Å²) in [5, 5.41) is 2.26. The lowest BCUT2D eigenvalue weighted by Gasteiger charge is -2.40. The minimum atomic E-state index is -1.04. The molecule has 3 amide bonds. The average Bonchev–Trinajstić information content (AvgIpc) is 2.33. The summed E-state index contributed by atoms with van der Waals surface area (Å²) < 4.78 is 0. The molecule has 0 aliphatic carbocycles. The second-order valence-corrected chi connectivity index (χ2v) is 5.65. The Bertz CT molecular complexity index is 605. The second-order valence-electron chi connectivity index (χ2n) is 5.65. The van der Waals surface area contributed by atoms with Gasteiger partial charge in [0.15, 0.2) is 0 Å². The van der Waals surface area contributed by atoms with Gasteiger partial charge in [0, 0.05) is 5.56 Å². The number of piperazine rings is 1. The predicted octanol–water partition coefficient (Wildman–Crippen LogP) is 1.18. The molecule has 20 heavy (non-hydrogen) atoms. The molecule has 0 aromatic heterocycles. The van der Waals surface area contributed by atoms with Gasteiger partial charge in [-0.3, -0.25) is 19.7 Å². The van der Waals surface area contributed by atoms with E-state index in [1.54, 1.807) is 19.9 Å². The van der Waals surface area contributed by atoms with Gasteiger partial charge in [-0.15, -0.1) is 0 Å². The van der Waals surface area contributed by atoms with Gasteiger partial charge in [0.2, 0.25) is 5.91 Å². The summed E-state index contributed by atoms with van der Waals surface area (Å²) in [6.45, 7) is 6.96. The van der Waals surface area contributed by atoms with Crippen molar-refractivity contribution in [1.82, 2.24) is 10.2 Å². The maximum atomic E-state index is 12.6. The smallest absolute Gasteiger partial charge is 0.255 e. The molecule has 1 aromatic rings. The van der Waals surface area contributed by atoms with Gasteiger partial charge in [-0.2, -0.15) is 0 Å². The molecular formula is C15H18N2O3. The first-order chi connectivity index (χ1) is 9.23. The minimum Gasteiger partial charge on any atom is -0.315 e. The van der Waals surface area contributed by atoms with E-state index in [2.05, 4.69) is 5.32 Å². The fourth-order valence-electron chi connectivity index (χ4n) is 2.31. The maximum Gasteiger partial charge on any atom is 0.255 e. The summed E-state index contributed by atoms with van der Waals surface area (Å²) in [4.78, 5) is 37.4. The first-order valence-corrected chi connectivity index (χ1v) is 6.47. The zero-order chi connectivity index (χ0) is 15.1. The van der Waals surface area contributed by atoms with Crippen LogP contribution in [0.5, 0.6) is 0 Å². The molecule has 5 heteroatoms. The molecule has 0 atom stereocenters. The summed E-state index contributed by atoms with van der Waals surface area (Å²) in [7, 11) is 0. The Labute approximate surface area is 118 Å². The number of hydrogen-bond acceptors (Lipinski definition) is 3. The third kappa shape index (κ3) is 2.31. The Morgan fingerprint density at radius 3 is 2.50 bits per heavy atom. The van der Waals surface area contributed by atoms with Crippen molar-refractivity contribution in [3.63, 3.8) is 0 Å². The highest BCUT2D eigenvalue weighted by Crippen LogP contribution is 2.22. The molecule has 0 spiro atoms. The Morgan fingerprint density at radius 2 is 1.90 bits per heavy atom. The molecule has 1 N–H and O–H groups in total. The molecule has 1 saturated heterocycles. The van der Waals surface area contributed by atoms with Crippen LogP contribution in [0.3, 0.4) is 0 Å². The number of aryl methyl sites for hydroxylation is 2. The van der Waals surface area contributed by atoms with E-state index in [0.29, 0.717) is 5.56 Å². The lowest BCUT2D eigenvalue weighted by molar-refractivity contribution is -0.143. The molecule has 106 valence electrons. The molecule has 0 saturated carbocycles. The van der Waals surface area contributed by atoms with Crippen molar-refractivity contribution in [3.05, 3.63) is 34.9 Å². The highest BCUT2D eigenvalue weighted by atomic mass is 16.2.